The predicted molar refractivity (Wildman–Crippen MR) is 47.1 cm³/mol. The van der Waals surface area contributed by atoms with Crippen LogP contribution in [0.3, 0.4) is 0 Å². The van der Waals surface area contributed by atoms with Gasteiger partial charge >= 0.3 is 0 Å². The van der Waals surface area contributed by atoms with Gasteiger partial charge in [0, 0.05) is 18.5 Å². The molecule has 0 unspecified atom stereocenters. The van der Waals surface area contributed by atoms with E-state index in [4.69, 9.17) is 0 Å². The Labute approximate surface area is 75.0 Å². The minimum absolute atomic E-state index is 0.209. The third-order valence-electron chi connectivity index (χ3n) is 1.80. The Balaban J connectivity index is 1.98. The molecule has 1 fully saturated rings. The minimum Gasteiger partial charge on any atom is -0.339 e. The monoisotopic (exact) mass is 182 g/mol. The molecular weight excluding hydrogens is 172 g/mol. The van der Waals surface area contributed by atoms with Gasteiger partial charge in [-0.25, -0.2) is 4.98 Å². The lowest BCUT2D eigenvalue weighted by Crippen LogP contribution is -2.13. The molecule has 0 atom stereocenters. The summed E-state index contributed by atoms with van der Waals surface area (Å²) in [6.45, 7) is 3.82. The largest absolute Gasteiger partial charge is 0.339 e. The number of aromatic nitrogens is 1. The first-order valence-corrected chi connectivity index (χ1v) is 4.82. The van der Waals surface area contributed by atoms with Crippen molar-refractivity contribution in [3.63, 3.8) is 0 Å². The van der Waals surface area contributed by atoms with E-state index >= 15 is 0 Å². The van der Waals surface area contributed by atoms with Crippen LogP contribution in [0.15, 0.2) is 5.38 Å². The van der Waals surface area contributed by atoms with Gasteiger partial charge in [-0.1, -0.05) is 0 Å². The van der Waals surface area contributed by atoms with Gasteiger partial charge in [0.15, 0.2) is 0 Å². The number of hydrogen-bond acceptors (Lipinski definition) is 3. The second kappa shape index (κ2) is 2.86. The van der Waals surface area contributed by atoms with E-state index in [1.165, 1.54) is 0 Å². The fraction of sp³-hybridized carbons (Fsp3) is 0.500. The van der Waals surface area contributed by atoms with Crippen LogP contribution in [0, 0.1) is 6.92 Å². The topological polar surface area (TPSA) is 33.0 Å². The molecule has 1 aromatic rings. The third-order valence-corrected chi connectivity index (χ3v) is 2.62. The van der Waals surface area contributed by atoms with Crippen LogP contribution in [0.5, 0.6) is 0 Å². The summed E-state index contributed by atoms with van der Waals surface area (Å²) in [6.07, 6.45) is 0.477. The summed E-state index contributed by atoms with van der Waals surface area (Å²) in [7, 11) is 0. The van der Waals surface area contributed by atoms with Crippen molar-refractivity contribution in [1.29, 1.82) is 0 Å². The lowest BCUT2D eigenvalue weighted by Gasteiger charge is -1.96. The lowest BCUT2D eigenvalue weighted by molar-refractivity contribution is -0.125. The summed E-state index contributed by atoms with van der Waals surface area (Å²) in [5, 5.41) is 2.99. The van der Waals surface area contributed by atoms with Crippen molar-refractivity contribution >= 4 is 17.2 Å². The molecule has 64 valence electrons. The summed E-state index contributed by atoms with van der Waals surface area (Å²) < 4.78 is 0. The van der Waals surface area contributed by atoms with Gasteiger partial charge in [0.25, 0.3) is 0 Å². The van der Waals surface area contributed by atoms with Crippen LogP contribution in [-0.2, 0) is 11.2 Å². The molecule has 1 amide bonds. The summed E-state index contributed by atoms with van der Waals surface area (Å²) in [5.41, 5.74) is 0.911. The van der Waals surface area contributed by atoms with Crippen LogP contribution >= 0.6 is 11.3 Å². The molecule has 2 heterocycles. The molecule has 1 saturated heterocycles. The highest BCUT2D eigenvalue weighted by Gasteiger charge is 2.24. The summed E-state index contributed by atoms with van der Waals surface area (Å²) in [5.74, 6) is 0.209. The van der Waals surface area contributed by atoms with E-state index in [1.54, 1.807) is 11.3 Å². The van der Waals surface area contributed by atoms with Crippen molar-refractivity contribution in [2.24, 2.45) is 0 Å². The second-order valence-electron chi connectivity index (χ2n) is 2.92. The van der Waals surface area contributed by atoms with Crippen molar-refractivity contribution in [2.45, 2.75) is 13.3 Å². The molecular formula is C8H10N2OS. The first kappa shape index (κ1) is 7.73. The average Bonchev–Trinajstić information content (AvgIpc) is 2.78. The maximum Gasteiger partial charge on any atom is 0.228 e. The standard InChI is InChI=1S/C8H10N2OS/c1-6-9-7(5-12-6)4-8(11)10-2-3-10/h5H,2-4H2,1H3. The van der Waals surface area contributed by atoms with Gasteiger partial charge in [-0.2, -0.15) is 0 Å². The van der Waals surface area contributed by atoms with Gasteiger partial charge in [0.2, 0.25) is 5.91 Å². The van der Waals surface area contributed by atoms with Crippen LogP contribution in [-0.4, -0.2) is 28.9 Å². The first-order valence-electron chi connectivity index (χ1n) is 3.94. The first-order chi connectivity index (χ1) is 5.75. The Morgan fingerprint density at radius 2 is 2.50 bits per heavy atom. The predicted octanol–water partition coefficient (Wildman–Crippen LogP) is 0.836. The van der Waals surface area contributed by atoms with Crippen molar-refractivity contribution in [3.05, 3.63) is 16.1 Å². The molecule has 0 aromatic carbocycles. The Kier molecular flexibility index (Phi) is 1.84. The second-order valence-corrected chi connectivity index (χ2v) is 3.98. The van der Waals surface area contributed by atoms with Crippen LogP contribution in [0.2, 0.25) is 0 Å². The number of thiazole rings is 1. The van der Waals surface area contributed by atoms with E-state index in [-0.39, 0.29) is 5.91 Å². The zero-order valence-electron chi connectivity index (χ0n) is 6.91. The van der Waals surface area contributed by atoms with E-state index in [9.17, 15) is 4.79 Å². The minimum atomic E-state index is 0.209. The number of hydrogen-bond donors (Lipinski definition) is 0. The van der Waals surface area contributed by atoms with E-state index in [1.807, 2.05) is 17.2 Å². The fourth-order valence-corrected chi connectivity index (χ4v) is 1.67. The van der Waals surface area contributed by atoms with Gasteiger partial charge in [-0.15, -0.1) is 11.3 Å². The third kappa shape index (κ3) is 1.64. The van der Waals surface area contributed by atoms with Gasteiger partial charge < -0.3 is 4.90 Å². The van der Waals surface area contributed by atoms with Crippen molar-refractivity contribution in [2.75, 3.05) is 13.1 Å². The zero-order chi connectivity index (χ0) is 8.55. The molecule has 0 spiro atoms. The molecule has 12 heavy (non-hydrogen) atoms. The Bertz CT molecular complexity index is 304. The van der Waals surface area contributed by atoms with Gasteiger partial charge in [-0.3, -0.25) is 4.79 Å². The summed E-state index contributed by atoms with van der Waals surface area (Å²) >= 11 is 1.60. The molecule has 1 aliphatic heterocycles. The van der Waals surface area contributed by atoms with Gasteiger partial charge in [0.1, 0.15) is 0 Å². The Morgan fingerprint density at radius 1 is 1.75 bits per heavy atom. The molecule has 2 rings (SSSR count). The van der Waals surface area contributed by atoms with Crippen LogP contribution in [0.25, 0.3) is 0 Å². The molecule has 0 saturated carbocycles. The van der Waals surface area contributed by atoms with E-state index in [2.05, 4.69) is 4.98 Å². The van der Waals surface area contributed by atoms with Crippen LogP contribution < -0.4 is 0 Å². The highest BCUT2D eigenvalue weighted by molar-refractivity contribution is 7.09. The molecule has 0 N–H and O–H groups in total. The lowest BCUT2D eigenvalue weighted by atomic mass is 10.3. The zero-order valence-corrected chi connectivity index (χ0v) is 7.73. The van der Waals surface area contributed by atoms with E-state index in [0.717, 1.165) is 23.8 Å². The normalized spacial score (nSPS) is 14.9. The molecule has 0 radical (unpaired) electrons. The number of rotatable bonds is 2. The fourth-order valence-electron chi connectivity index (χ4n) is 1.06. The molecule has 0 bridgehead atoms. The molecule has 0 aliphatic carbocycles. The number of nitrogens with zero attached hydrogens (tertiary/aromatic N) is 2. The molecule has 4 heteroatoms. The number of carbonyl (C=O) groups excluding carboxylic acids is 1. The number of aryl methyl sites for hydroxylation is 1. The van der Waals surface area contributed by atoms with Crippen LogP contribution in [0.4, 0.5) is 0 Å². The van der Waals surface area contributed by atoms with Crippen LogP contribution in [0.1, 0.15) is 10.7 Å². The van der Waals surface area contributed by atoms with Crippen molar-refractivity contribution in [1.82, 2.24) is 9.88 Å². The Morgan fingerprint density at radius 3 is 3.00 bits per heavy atom. The SMILES string of the molecule is Cc1nc(CC(=O)N2CC2)cs1. The number of amides is 1. The Hall–Kier alpha value is -0.900. The molecule has 1 aromatic heterocycles. The molecule has 3 nitrogen and oxygen atoms in total. The maximum absolute atomic E-state index is 11.3. The van der Waals surface area contributed by atoms with E-state index in [0.29, 0.717) is 6.42 Å². The smallest absolute Gasteiger partial charge is 0.228 e. The number of carbonyl (C=O) groups is 1. The van der Waals surface area contributed by atoms with E-state index < -0.39 is 0 Å². The van der Waals surface area contributed by atoms with Crippen molar-refractivity contribution < 1.29 is 4.79 Å². The summed E-state index contributed by atoms with van der Waals surface area (Å²) in [6, 6.07) is 0. The maximum atomic E-state index is 11.3. The van der Waals surface area contributed by atoms with Gasteiger partial charge in [0.05, 0.1) is 17.1 Å². The molecule has 1 aliphatic rings. The highest BCUT2D eigenvalue weighted by Crippen LogP contribution is 2.12. The average molecular weight is 182 g/mol. The highest BCUT2D eigenvalue weighted by atomic mass is 32.1. The quantitative estimate of drug-likeness (QED) is 0.635. The van der Waals surface area contributed by atoms with Gasteiger partial charge in [-0.05, 0) is 6.92 Å². The summed E-state index contributed by atoms with van der Waals surface area (Å²) in [4.78, 5) is 17.3. The van der Waals surface area contributed by atoms with Crippen molar-refractivity contribution in [3.8, 4) is 0 Å².